The van der Waals surface area contributed by atoms with Crippen LogP contribution < -0.4 is 5.32 Å². The quantitative estimate of drug-likeness (QED) is 0.830. The summed E-state index contributed by atoms with van der Waals surface area (Å²) in [6.45, 7) is 2.36. The molecule has 10 heteroatoms. The monoisotopic (exact) mass is 368 g/mol. The van der Waals surface area contributed by atoms with Crippen LogP contribution in [0.2, 0.25) is 0 Å². The second-order valence-electron chi connectivity index (χ2n) is 5.41. The third kappa shape index (κ3) is 3.63. The number of carbonyl (C=O) groups is 1. The zero-order valence-corrected chi connectivity index (χ0v) is 13.5. The normalized spacial score (nSPS) is 18.7. The van der Waals surface area contributed by atoms with E-state index in [2.05, 4.69) is 5.32 Å². The summed E-state index contributed by atoms with van der Waals surface area (Å²) in [5.41, 5.74) is -5.86. The lowest BCUT2D eigenvalue weighted by molar-refractivity contribution is -0.129. The summed E-state index contributed by atoms with van der Waals surface area (Å²) >= 11 is 0. The summed E-state index contributed by atoms with van der Waals surface area (Å²) in [6.07, 6.45) is 0.756. The molecule has 1 N–H and O–H groups in total. The molecular formula is C14H16F4N2O3S. The molecule has 24 heavy (non-hydrogen) atoms. The molecule has 134 valence electrons. The molecule has 0 aliphatic carbocycles. The van der Waals surface area contributed by atoms with Gasteiger partial charge in [0, 0.05) is 25.6 Å². The Bertz CT molecular complexity index is 734. The first kappa shape index (κ1) is 18.5. The molecule has 1 aliphatic rings. The molecule has 1 unspecified atom stereocenters. The number of carbonyl (C=O) groups excluding carboxylic acids is 1. The van der Waals surface area contributed by atoms with Crippen molar-refractivity contribution in [2.75, 3.05) is 18.4 Å². The summed E-state index contributed by atoms with van der Waals surface area (Å²) in [5, 5.41) is 2.68. The maximum absolute atomic E-state index is 13.3. The van der Waals surface area contributed by atoms with Gasteiger partial charge in [-0.1, -0.05) is 6.92 Å². The van der Waals surface area contributed by atoms with Gasteiger partial charge in [0.1, 0.15) is 10.7 Å². The van der Waals surface area contributed by atoms with Gasteiger partial charge in [0.25, 0.3) is 9.84 Å². The lowest BCUT2D eigenvalue weighted by Gasteiger charge is -2.19. The van der Waals surface area contributed by atoms with E-state index < -0.39 is 32.1 Å². The molecule has 5 nitrogen and oxygen atoms in total. The van der Waals surface area contributed by atoms with Crippen LogP contribution in [0.25, 0.3) is 0 Å². The highest BCUT2D eigenvalue weighted by atomic mass is 32.2. The molecule has 1 fully saturated rings. The molecule has 1 aromatic rings. The molecule has 1 heterocycles. The summed E-state index contributed by atoms with van der Waals surface area (Å²) in [7, 11) is -5.69. The van der Waals surface area contributed by atoms with Gasteiger partial charge in [-0.05, 0) is 24.6 Å². The minimum Gasteiger partial charge on any atom is -0.379 e. The van der Waals surface area contributed by atoms with Crippen molar-refractivity contribution in [1.82, 2.24) is 4.90 Å². The van der Waals surface area contributed by atoms with Crippen molar-refractivity contribution in [3.05, 3.63) is 24.0 Å². The fraction of sp³-hybridized carbons (Fsp3) is 0.500. The van der Waals surface area contributed by atoms with Crippen molar-refractivity contribution in [3.63, 3.8) is 0 Å². The molecule has 1 atom stereocenters. The van der Waals surface area contributed by atoms with Crippen LogP contribution in [0.15, 0.2) is 23.1 Å². The van der Waals surface area contributed by atoms with Crippen molar-refractivity contribution in [2.24, 2.45) is 0 Å². The molecule has 1 saturated heterocycles. The third-order valence-corrected chi connectivity index (χ3v) is 5.27. The van der Waals surface area contributed by atoms with Crippen molar-refractivity contribution in [2.45, 2.75) is 36.2 Å². The molecule has 1 amide bonds. The van der Waals surface area contributed by atoms with Crippen molar-refractivity contribution in [3.8, 4) is 0 Å². The fourth-order valence-corrected chi connectivity index (χ4v) is 3.44. The fourth-order valence-electron chi connectivity index (χ4n) is 2.51. The minimum atomic E-state index is -5.69. The van der Waals surface area contributed by atoms with Gasteiger partial charge in [0.2, 0.25) is 5.91 Å². The first-order valence-corrected chi connectivity index (χ1v) is 8.69. The first-order valence-electron chi connectivity index (χ1n) is 7.21. The van der Waals surface area contributed by atoms with Crippen molar-refractivity contribution < 1.29 is 30.8 Å². The number of halogens is 4. The largest absolute Gasteiger partial charge is 0.501 e. The van der Waals surface area contributed by atoms with Crippen LogP contribution in [0, 0.1) is 5.82 Å². The maximum Gasteiger partial charge on any atom is 0.501 e. The highest BCUT2D eigenvalue weighted by Crippen LogP contribution is 2.35. The van der Waals surface area contributed by atoms with Crippen LogP contribution >= 0.6 is 0 Å². The Hall–Kier alpha value is -1.84. The average Bonchev–Trinajstić information content (AvgIpc) is 2.95. The lowest BCUT2D eigenvalue weighted by atomic mass is 10.2. The van der Waals surface area contributed by atoms with E-state index in [1.54, 1.807) is 11.8 Å². The number of rotatable bonds is 4. The van der Waals surface area contributed by atoms with Crippen LogP contribution in [0.1, 0.15) is 19.8 Å². The van der Waals surface area contributed by atoms with Gasteiger partial charge in [0.15, 0.2) is 0 Å². The minimum absolute atomic E-state index is 0.0958. The van der Waals surface area contributed by atoms with Crippen LogP contribution in [0.3, 0.4) is 0 Å². The Morgan fingerprint density at radius 2 is 2.04 bits per heavy atom. The predicted molar refractivity (Wildman–Crippen MR) is 78.5 cm³/mol. The number of hydrogen-bond acceptors (Lipinski definition) is 4. The molecule has 1 aliphatic heterocycles. The molecule has 0 radical (unpaired) electrons. The zero-order valence-electron chi connectivity index (χ0n) is 12.7. The highest BCUT2D eigenvalue weighted by Gasteiger charge is 2.48. The Morgan fingerprint density at radius 3 is 2.62 bits per heavy atom. The SMILES string of the molecule is CCC(=O)N1CCC(Nc2ccc(F)cc2S(=O)(=O)C(F)(F)F)C1. The summed E-state index contributed by atoms with van der Waals surface area (Å²) < 4.78 is 74.8. The van der Waals surface area contributed by atoms with Gasteiger partial charge in [-0.15, -0.1) is 0 Å². The van der Waals surface area contributed by atoms with E-state index in [0.717, 1.165) is 12.1 Å². The highest BCUT2D eigenvalue weighted by molar-refractivity contribution is 7.92. The van der Waals surface area contributed by atoms with Gasteiger partial charge in [-0.3, -0.25) is 4.79 Å². The summed E-state index contributed by atoms with van der Waals surface area (Å²) in [6, 6.07) is 1.77. The number of nitrogens with zero attached hydrogens (tertiary/aromatic N) is 1. The van der Waals surface area contributed by atoms with E-state index in [-0.39, 0.29) is 18.1 Å². The Morgan fingerprint density at radius 1 is 1.38 bits per heavy atom. The molecule has 2 rings (SSSR count). The molecule has 0 aromatic heterocycles. The number of hydrogen-bond donors (Lipinski definition) is 1. The topological polar surface area (TPSA) is 66.5 Å². The van der Waals surface area contributed by atoms with Gasteiger partial charge >= 0.3 is 5.51 Å². The lowest BCUT2D eigenvalue weighted by Crippen LogP contribution is -2.31. The van der Waals surface area contributed by atoms with Crippen molar-refractivity contribution in [1.29, 1.82) is 0 Å². The van der Waals surface area contributed by atoms with Crippen LogP contribution in [0.5, 0.6) is 0 Å². The van der Waals surface area contributed by atoms with Gasteiger partial charge in [0.05, 0.1) is 5.69 Å². The average molecular weight is 368 g/mol. The Kier molecular flexibility index (Phi) is 5.07. The smallest absolute Gasteiger partial charge is 0.379 e. The van der Waals surface area contributed by atoms with Crippen LogP contribution in [-0.4, -0.2) is 43.9 Å². The maximum atomic E-state index is 13.3. The number of alkyl halides is 3. The predicted octanol–water partition coefficient (Wildman–Crippen LogP) is 2.54. The third-order valence-electron chi connectivity index (χ3n) is 3.74. The Balaban J connectivity index is 2.28. The molecule has 0 bridgehead atoms. The van der Waals surface area contributed by atoms with Crippen LogP contribution in [-0.2, 0) is 14.6 Å². The molecule has 0 spiro atoms. The standard InChI is InChI=1S/C14H16F4N2O3S/c1-2-13(21)20-6-5-10(8-20)19-11-4-3-9(15)7-12(11)24(22,23)14(16,17)18/h3-4,7,10,19H,2,5-6,8H2,1H3. The number of benzene rings is 1. The Labute approximate surface area is 136 Å². The van der Waals surface area contributed by atoms with E-state index in [1.165, 1.54) is 0 Å². The summed E-state index contributed by atoms with van der Waals surface area (Å²) in [4.78, 5) is 12.0. The zero-order chi connectivity index (χ0) is 18.1. The number of anilines is 1. The van der Waals surface area contributed by atoms with Gasteiger partial charge < -0.3 is 10.2 Å². The van der Waals surface area contributed by atoms with E-state index in [4.69, 9.17) is 0 Å². The number of nitrogens with one attached hydrogen (secondary N) is 1. The van der Waals surface area contributed by atoms with E-state index in [1.807, 2.05) is 0 Å². The van der Waals surface area contributed by atoms with Gasteiger partial charge in [-0.2, -0.15) is 13.2 Å². The molecular weight excluding hydrogens is 352 g/mol. The number of amides is 1. The van der Waals surface area contributed by atoms with E-state index in [9.17, 15) is 30.8 Å². The summed E-state index contributed by atoms with van der Waals surface area (Å²) in [5.74, 6) is -1.18. The number of sulfone groups is 1. The van der Waals surface area contributed by atoms with E-state index >= 15 is 0 Å². The first-order chi connectivity index (χ1) is 11.1. The van der Waals surface area contributed by atoms with Crippen molar-refractivity contribution >= 4 is 21.4 Å². The van der Waals surface area contributed by atoms with E-state index in [0.29, 0.717) is 25.5 Å². The second-order valence-corrected chi connectivity index (χ2v) is 7.32. The van der Waals surface area contributed by atoms with Gasteiger partial charge in [-0.25, -0.2) is 12.8 Å². The molecule has 1 aromatic carbocycles. The second kappa shape index (κ2) is 6.58. The molecule has 0 saturated carbocycles. The van der Waals surface area contributed by atoms with Crippen LogP contribution in [0.4, 0.5) is 23.2 Å². The number of likely N-dealkylation sites (tertiary alicyclic amines) is 1.